The maximum absolute atomic E-state index is 11.7. The van der Waals surface area contributed by atoms with Gasteiger partial charge in [-0.25, -0.2) is 9.78 Å². The highest BCUT2D eigenvalue weighted by molar-refractivity contribution is 7.13. The van der Waals surface area contributed by atoms with Crippen molar-refractivity contribution in [1.29, 1.82) is 0 Å². The fourth-order valence-corrected chi connectivity index (χ4v) is 2.86. The number of hydrogen-bond acceptors (Lipinski definition) is 6. The van der Waals surface area contributed by atoms with E-state index in [4.69, 9.17) is 9.47 Å². The smallest absolute Gasteiger partial charge is 0.350 e. The van der Waals surface area contributed by atoms with Crippen molar-refractivity contribution in [3.05, 3.63) is 15.6 Å². The summed E-state index contributed by atoms with van der Waals surface area (Å²) in [5.41, 5.74) is 0.765. The van der Waals surface area contributed by atoms with Gasteiger partial charge in [0.05, 0.1) is 32.1 Å². The summed E-state index contributed by atoms with van der Waals surface area (Å²) in [6.07, 6.45) is 0. The van der Waals surface area contributed by atoms with Crippen molar-refractivity contribution in [1.82, 2.24) is 9.88 Å². The number of aryl methyl sites for hydroxylation is 1. The van der Waals surface area contributed by atoms with Crippen LogP contribution in [-0.2, 0) is 16.0 Å². The molecule has 0 N–H and O–H groups in total. The monoisotopic (exact) mass is 270 g/mol. The van der Waals surface area contributed by atoms with E-state index in [1.54, 1.807) is 0 Å². The molecule has 0 bridgehead atoms. The third kappa shape index (κ3) is 3.28. The van der Waals surface area contributed by atoms with Gasteiger partial charge in [-0.15, -0.1) is 11.3 Å². The number of nitrogens with zero attached hydrogens (tertiary/aromatic N) is 2. The topological polar surface area (TPSA) is 51.7 Å². The van der Waals surface area contributed by atoms with Gasteiger partial charge in [-0.3, -0.25) is 4.90 Å². The molecule has 0 aliphatic carbocycles. The Bertz CT molecular complexity index is 413. The lowest BCUT2D eigenvalue weighted by Crippen LogP contribution is -2.35. The number of hydrogen-bond donors (Lipinski definition) is 0. The number of carbonyl (C=O) groups is 1. The minimum atomic E-state index is -0.263. The third-order valence-electron chi connectivity index (χ3n) is 2.76. The molecule has 2 rings (SSSR count). The van der Waals surface area contributed by atoms with Gasteiger partial charge in [-0.2, -0.15) is 0 Å². The first-order valence-corrected chi connectivity index (χ1v) is 6.96. The van der Waals surface area contributed by atoms with Crippen LogP contribution in [0.3, 0.4) is 0 Å². The Kier molecular flexibility index (Phi) is 4.68. The molecule has 1 aromatic rings. The van der Waals surface area contributed by atoms with Crippen LogP contribution in [0.4, 0.5) is 0 Å². The average molecular weight is 270 g/mol. The molecule has 1 fully saturated rings. The van der Waals surface area contributed by atoms with Crippen LogP contribution in [0.25, 0.3) is 0 Å². The van der Waals surface area contributed by atoms with Crippen LogP contribution in [0.15, 0.2) is 0 Å². The number of ether oxygens (including phenoxy) is 2. The zero-order chi connectivity index (χ0) is 13.0. The molecule has 0 atom stereocenters. The number of carbonyl (C=O) groups excluding carboxylic acids is 1. The molecule has 0 aromatic carbocycles. The van der Waals surface area contributed by atoms with E-state index in [9.17, 15) is 4.79 Å². The Balaban J connectivity index is 2.01. The molecule has 1 aliphatic heterocycles. The number of esters is 1. The minimum Gasteiger partial charge on any atom is -0.462 e. The predicted octanol–water partition coefficient (Wildman–Crippen LogP) is 1.46. The molecule has 0 unspecified atom stereocenters. The van der Waals surface area contributed by atoms with Crippen LogP contribution in [0.1, 0.15) is 27.3 Å². The zero-order valence-corrected chi connectivity index (χ0v) is 11.6. The Hall–Kier alpha value is -0.980. The average Bonchev–Trinajstić information content (AvgIpc) is 2.72. The highest BCUT2D eigenvalue weighted by Crippen LogP contribution is 2.20. The van der Waals surface area contributed by atoms with Crippen LogP contribution in [0, 0.1) is 6.92 Å². The van der Waals surface area contributed by atoms with Crippen molar-refractivity contribution in [2.75, 3.05) is 32.9 Å². The normalized spacial score (nSPS) is 16.8. The van der Waals surface area contributed by atoms with Crippen LogP contribution in [0.2, 0.25) is 0 Å². The second-order valence-corrected chi connectivity index (χ2v) is 5.21. The lowest BCUT2D eigenvalue weighted by molar-refractivity contribution is 0.0341. The van der Waals surface area contributed by atoms with Crippen molar-refractivity contribution >= 4 is 17.3 Å². The molecule has 2 heterocycles. The first-order valence-electron chi connectivity index (χ1n) is 6.14. The van der Waals surface area contributed by atoms with E-state index < -0.39 is 0 Å². The second-order valence-electron chi connectivity index (χ2n) is 4.13. The van der Waals surface area contributed by atoms with Gasteiger partial charge in [0.2, 0.25) is 0 Å². The number of rotatable bonds is 4. The van der Waals surface area contributed by atoms with Crippen molar-refractivity contribution in [2.45, 2.75) is 20.4 Å². The van der Waals surface area contributed by atoms with Crippen molar-refractivity contribution in [3.63, 3.8) is 0 Å². The van der Waals surface area contributed by atoms with E-state index in [-0.39, 0.29) is 5.97 Å². The number of thiazole rings is 1. The largest absolute Gasteiger partial charge is 0.462 e. The first-order chi connectivity index (χ1) is 8.70. The molecule has 1 saturated heterocycles. The molecular weight excluding hydrogens is 252 g/mol. The molecule has 1 aromatic heterocycles. The van der Waals surface area contributed by atoms with Gasteiger partial charge in [-0.05, 0) is 13.8 Å². The molecule has 5 nitrogen and oxygen atoms in total. The number of aromatic nitrogens is 1. The lowest BCUT2D eigenvalue weighted by atomic mass is 10.4. The highest BCUT2D eigenvalue weighted by Gasteiger charge is 2.18. The summed E-state index contributed by atoms with van der Waals surface area (Å²) in [6, 6.07) is 0. The standard InChI is InChI=1S/C12H18N2O3S/c1-3-17-12(15)11-9(2)13-10(18-11)8-14-4-6-16-7-5-14/h3-8H2,1-2H3. The Labute approximate surface area is 111 Å². The van der Waals surface area contributed by atoms with Crippen molar-refractivity contribution < 1.29 is 14.3 Å². The van der Waals surface area contributed by atoms with Gasteiger partial charge in [0.25, 0.3) is 0 Å². The Morgan fingerprint density at radius 1 is 1.50 bits per heavy atom. The van der Waals surface area contributed by atoms with Gasteiger partial charge in [0.1, 0.15) is 9.88 Å². The van der Waals surface area contributed by atoms with E-state index in [0.29, 0.717) is 11.5 Å². The van der Waals surface area contributed by atoms with Crippen LogP contribution in [-0.4, -0.2) is 48.8 Å². The molecular formula is C12H18N2O3S. The molecule has 100 valence electrons. The Morgan fingerprint density at radius 2 is 2.22 bits per heavy atom. The Morgan fingerprint density at radius 3 is 2.89 bits per heavy atom. The summed E-state index contributed by atoms with van der Waals surface area (Å²) in [4.78, 5) is 19.0. The van der Waals surface area contributed by atoms with Crippen LogP contribution >= 0.6 is 11.3 Å². The minimum absolute atomic E-state index is 0.263. The van der Waals surface area contributed by atoms with Crippen LogP contribution < -0.4 is 0 Å². The molecule has 1 aliphatic rings. The lowest BCUT2D eigenvalue weighted by Gasteiger charge is -2.25. The highest BCUT2D eigenvalue weighted by atomic mass is 32.1. The third-order valence-corrected chi connectivity index (χ3v) is 3.89. The summed E-state index contributed by atoms with van der Waals surface area (Å²) in [5.74, 6) is -0.263. The predicted molar refractivity (Wildman–Crippen MR) is 68.9 cm³/mol. The molecule has 6 heteroatoms. The van der Waals surface area contributed by atoms with E-state index in [2.05, 4.69) is 9.88 Å². The van der Waals surface area contributed by atoms with Gasteiger partial charge in [0.15, 0.2) is 0 Å². The van der Waals surface area contributed by atoms with Gasteiger partial charge < -0.3 is 9.47 Å². The van der Waals surface area contributed by atoms with E-state index in [1.165, 1.54) is 11.3 Å². The molecule has 18 heavy (non-hydrogen) atoms. The summed E-state index contributed by atoms with van der Waals surface area (Å²) < 4.78 is 10.3. The van der Waals surface area contributed by atoms with E-state index in [0.717, 1.165) is 43.5 Å². The summed E-state index contributed by atoms with van der Waals surface area (Å²) in [7, 11) is 0. The summed E-state index contributed by atoms with van der Waals surface area (Å²) >= 11 is 1.43. The molecule has 0 radical (unpaired) electrons. The van der Waals surface area contributed by atoms with E-state index >= 15 is 0 Å². The van der Waals surface area contributed by atoms with Gasteiger partial charge >= 0.3 is 5.97 Å². The summed E-state index contributed by atoms with van der Waals surface area (Å²) in [6.45, 7) is 8.24. The molecule has 0 amide bonds. The zero-order valence-electron chi connectivity index (χ0n) is 10.8. The number of morpholine rings is 1. The quantitative estimate of drug-likeness (QED) is 0.775. The van der Waals surface area contributed by atoms with Crippen molar-refractivity contribution in [2.24, 2.45) is 0 Å². The second kappa shape index (κ2) is 6.26. The van der Waals surface area contributed by atoms with E-state index in [1.807, 2.05) is 13.8 Å². The molecule has 0 saturated carbocycles. The fourth-order valence-electron chi connectivity index (χ4n) is 1.86. The van der Waals surface area contributed by atoms with Gasteiger partial charge in [-0.1, -0.05) is 0 Å². The maximum Gasteiger partial charge on any atom is 0.350 e. The van der Waals surface area contributed by atoms with Crippen molar-refractivity contribution in [3.8, 4) is 0 Å². The van der Waals surface area contributed by atoms with Gasteiger partial charge in [0, 0.05) is 13.1 Å². The summed E-state index contributed by atoms with van der Waals surface area (Å²) in [5, 5.41) is 0.970. The SMILES string of the molecule is CCOC(=O)c1sc(CN2CCOCC2)nc1C. The molecule has 0 spiro atoms. The maximum atomic E-state index is 11.7. The van der Waals surface area contributed by atoms with Crippen LogP contribution in [0.5, 0.6) is 0 Å². The first kappa shape index (κ1) is 13.5. The fraction of sp³-hybridized carbons (Fsp3) is 0.667.